The summed E-state index contributed by atoms with van der Waals surface area (Å²) in [6.07, 6.45) is 2.27. The zero-order chi connectivity index (χ0) is 9.68. The van der Waals surface area contributed by atoms with Crippen LogP contribution in [0, 0.1) is 5.92 Å². The maximum absolute atomic E-state index is 5.90. The average Bonchev–Trinajstić information content (AvgIpc) is 2.15. The Morgan fingerprint density at radius 2 is 1.85 bits per heavy atom. The quantitative estimate of drug-likeness (QED) is 0.751. The lowest BCUT2D eigenvalue weighted by atomic mass is 9.91. The van der Waals surface area contributed by atoms with Gasteiger partial charge in [0, 0.05) is 6.04 Å². The molecule has 0 aliphatic carbocycles. The lowest BCUT2D eigenvalue weighted by Gasteiger charge is -2.18. The molecule has 1 unspecified atom stereocenters. The molecule has 0 spiro atoms. The van der Waals surface area contributed by atoms with Crippen LogP contribution in [0.25, 0.3) is 0 Å². The molecule has 0 radical (unpaired) electrons. The van der Waals surface area contributed by atoms with E-state index in [2.05, 4.69) is 44.2 Å². The number of benzene rings is 1. The van der Waals surface area contributed by atoms with Crippen LogP contribution >= 0.6 is 0 Å². The van der Waals surface area contributed by atoms with Gasteiger partial charge in [-0.05, 0) is 24.8 Å². The van der Waals surface area contributed by atoms with Gasteiger partial charge in [-0.1, -0.05) is 43.7 Å². The summed E-state index contributed by atoms with van der Waals surface area (Å²) in [6, 6.07) is 10.9. The Kier molecular flexibility index (Phi) is 3.97. The predicted molar refractivity (Wildman–Crippen MR) is 57.6 cm³/mol. The standard InChI is InChI=1S/C12H19N/c1-3-12(10(2)13)9-11-7-5-4-6-8-11/h4-8,10,12H,3,9,13H2,1-2H3/t10-,12?/m0/s1. The van der Waals surface area contributed by atoms with Crippen LogP contribution in [-0.2, 0) is 6.42 Å². The fourth-order valence-electron chi connectivity index (χ4n) is 1.62. The summed E-state index contributed by atoms with van der Waals surface area (Å²) in [6.45, 7) is 4.30. The van der Waals surface area contributed by atoms with Crippen molar-refractivity contribution >= 4 is 0 Å². The first-order valence-electron chi connectivity index (χ1n) is 5.03. The Balaban J connectivity index is 2.57. The summed E-state index contributed by atoms with van der Waals surface area (Å²) in [5, 5.41) is 0. The Bertz CT molecular complexity index is 228. The molecule has 2 atom stereocenters. The number of hydrogen-bond acceptors (Lipinski definition) is 1. The molecule has 0 aliphatic heterocycles. The van der Waals surface area contributed by atoms with E-state index in [-0.39, 0.29) is 0 Å². The maximum Gasteiger partial charge on any atom is 0.00418 e. The van der Waals surface area contributed by atoms with Crippen molar-refractivity contribution < 1.29 is 0 Å². The molecule has 0 aliphatic rings. The highest BCUT2D eigenvalue weighted by atomic mass is 14.6. The van der Waals surface area contributed by atoms with Crippen LogP contribution in [-0.4, -0.2) is 6.04 Å². The molecule has 1 rings (SSSR count). The summed E-state index contributed by atoms with van der Waals surface area (Å²) in [5.41, 5.74) is 7.29. The van der Waals surface area contributed by atoms with E-state index in [0.717, 1.165) is 12.8 Å². The van der Waals surface area contributed by atoms with E-state index < -0.39 is 0 Å². The largest absolute Gasteiger partial charge is 0.328 e. The first-order valence-corrected chi connectivity index (χ1v) is 5.03. The molecule has 0 fully saturated rings. The van der Waals surface area contributed by atoms with Gasteiger partial charge >= 0.3 is 0 Å². The van der Waals surface area contributed by atoms with Gasteiger partial charge in [-0.15, -0.1) is 0 Å². The summed E-state index contributed by atoms with van der Waals surface area (Å²) in [5.74, 6) is 0.613. The number of hydrogen-bond donors (Lipinski definition) is 1. The van der Waals surface area contributed by atoms with Crippen LogP contribution in [0.1, 0.15) is 25.8 Å². The Morgan fingerprint density at radius 1 is 1.23 bits per heavy atom. The van der Waals surface area contributed by atoms with Crippen molar-refractivity contribution in [2.75, 3.05) is 0 Å². The van der Waals surface area contributed by atoms with Crippen LogP contribution in [0.5, 0.6) is 0 Å². The monoisotopic (exact) mass is 177 g/mol. The molecule has 1 heteroatoms. The molecule has 1 nitrogen and oxygen atoms in total. The van der Waals surface area contributed by atoms with Gasteiger partial charge < -0.3 is 5.73 Å². The smallest absolute Gasteiger partial charge is 0.00418 e. The van der Waals surface area contributed by atoms with Crippen LogP contribution in [0.3, 0.4) is 0 Å². The molecule has 13 heavy (non-hydrogen) atoms. The highest BCUT2D eigenvalue weighted by molar-refractivity contribution is 5.15. The fourth-order valence-corrected chi connectivity index (χ4v) is 1.62. The van der Waals surface area contributed by atoms with Gasteiger partial charge in [0.15, 0.2) is 0 Å². The van der Waals surface area contributed by atoms with Gasteiger partial charge in [-0.2, -0.15) is 0 Å². The van der Waals surface area contributed by atoms with Crippen LogP contribution in [0.4, 0.5) is 0 Å². The van der Waals surface area contributed by atoms with Crippen molar-refractivity contribution in [1.82, 2.24) is 0 Å². The number of nitrogens with two attached hydrogens (primary N) is 1. The van der Waals surface area contributed by atoms with E-state index in [0.29, 0.717) is 12.0 Å². The van der Waals surface area contributed by atoms with Gasteiger partial charge in [0.1, 0.15) is 0 Å². The van der Waals surface area contributed by atoms with Crippen LogP contribution in [0.2, 0.25) is 0 Å². The van der Waals surface area contributed by atoms with Gasteiger partial charge in [0.25, 0.3) is 0 Å². The molecule has 1 aromatic carbocycles. The second-order valence-electron chi connectivity index (χ2n) is 3.72. The van der Waals surface area contributed by atoms with Crippen molar-refractivity contribution in [3.63, 3.8) is 0 Å². The van der Waals surface area contributed by atoms with Crippen molar-refractivity contribution in [2.45, 2.75) is 32.7 Å². The van der Waals surface area contributed by atoms with Crippen molar-refractivity contribution in [3.8, 4) is 0 Å². The topological polar surface area (TPSA) is 26.0 Å². The molecule has 1 aromatic rings. The Hall–Kier alpha value is -0.820. The molecule has 2 N–H and O–H groups in total. The molecular formula is C12H19N. The van der Waals surface area contributed by atoms with Gasteiger partial charge in [-0.3, -0.25) is 0 Å². The highest BCUT2D eigenvalue weighted by Crippen LogP contribution is 2.14. The molecule has 0 saturated heterocycles. The third kappa shape index (κ3) is 3.19. The zero-order valence-corrected chi connectivity index (χ0v) is 8.53. The van der Waals surface area contributed by atoms with E-state index in [1.165, 1.54) is 5.56 Å². The SMILES string of the molecule is CCC(Cc1ccccc1)[C@H](C)N. The third-order valence-electron chi connectivity index (χ3n) is 2.61. The maximum atomic E-state index is 5.90. The second kappa shape index (κ2) is 5.03. The van der Waals surface area contributed by atoms with Crippen molar-refractivity contribution in [1.29, 1.82) is 0 Å². The Morgan fingerprint density at radius 3 is 2.31 bits per heavy atom. The summed E-state index contributed by atoms with van der Waals surface area (Å²) < 4.78 is 0. The molecule has 0 saturated carbocycles. The van der Waals surface area contributed by atoms with E-state index in [1.54, 1.807) is 0 Å². The average molecular weight is 177 g/mol. The molecule has 72 valence electrons. The first-order chi connectivity index (χ1) is 6.24. The summed E-state index contributed by atoms with van der Waals surface area (Å²) in [7, 11) is 0. The molecule has 0 heterocycles. The summed E-state index contributed by atoms with van der Waals surface area (Å²) >= 11 is 0. The first kappa shape index (κ1) is 10.3. The third-order valence-corrected chi connectivity index (χ3v) is 2.61. The fraction of sp³-hybridized carbons (Fsp3) is 0.500. The van der Waals surface area contributed by atoms with Crippen molar-refractivity contribution in [3.05, 3.63) is 35.9 Å². The van der Waals surface area contributed by atoms with Crippen LogP contribution < -0.4 is 5.73 Å². The van der Waals surface area contributed by atoms with E-state index >= 15 is 0 Å². The Labute approximate surface area is 81.0 Å². The number of rotatable bonds is 4. The van der Waals surface area contributed by atoms with E-state index in [4.69, 9.17) is 5.73 Å². The van der Waals surface area contributed by atoms with E-state index in [9.17, 15) is 0 Å². The van der Waals surface area contributed by atoms with E-state index in [1.807, 2.05) is 0 Å². The molecule has 0 aromatic heterocycles. The second-order valence-corrected chi connectivity index (χ2v) is 3.72. The van der Waals surface area contributed by atoms with Crippen LogP contribution in [0.15, 0.2) is 30.3 Å². The predicted octanol–water partition coefficient (Wildman–Crippen LogP) is 2.60. The minimum absolute atomic E-state index is 0.296. The van der Waals surface area contributed by atoms with Gasteiger partial charge in [0.05, 0.1) is 0 Å². The van der Waals surface area contributed by atoms with Gasteiger partial charge in [0.2, 0.25) is 0 Å². The minimum Gasteiger partial charge on any atom is -0.328 e. The zero-order valence-electron chi connectivity index (χ0n) is 8.53. The van der Waals surface area contributed by atoms with Crippen molar-refractivity contribution in [2.24, 2.45) is 11.7 Å². The van der Waals surface area contributed by atoms with Gasteiger partial charge in [-0.25, -0.2) is 0 Å². The highest BCUT2D eigenvalue weighted by Gasteiger charge is 2.11. The summed E-state index contributed by atoms with van der Waals surface area (Å²) in [4.78, 5) is 0. The lowest BCUT2D eigenvalue weighted by molar-refractivity contribution is 0.428. The molecular weight excluding hydrogens is 158 g/mol. The normalized spacial score (nSPS) is 15.3. The lowest BCUT2D eigenvalue weighted by Crippen LogP contribution is -2.27. The minimum atomic E-state index is 0.296. The molecule has 0 amide bonds. The molecule has 0 bridgehead atoms.